The van der Waals surface area contributed by atoms with Gasteiger partial charge >= 0.3 is 0 Å². The molecule has 0 amide bonds. The molecule has 0 aliphatic rings. The molecular weight excluding hydrogens is 234 g/mol. The molecule has 0 saturated carbocycles. The lowest BCUT2D eigenvalue weighted by Crippen LogP contribution is -2.27. The van der Waals surface area contributed by atoms with Crippen LogP contribution in [0.25, 0.3) is 0 Å². The summed E-state index contributed by atoms with van der Waals surface area (Å²) in [6.07, 6.45) is 7.12. The van der Waals surface area contributed by atoms with Crippen molar-refractivity contribution in [3.05, 3.63) is 29.8 Å². The monoisotopic (exact) mass is 251 g/mol. The summed E-state index contributed by atoms with van der Waals surface area (Å²) in [6, 6.07) is 6.96. The minimum absolute atomic E-state index is 0.0824. The second-order valence-corrected chi connectivity index (χ2v) is 5.90. The van der Waals surface area contributed by atoms with Crippen molar-refractivity contribution in [1.29, 1.82) is 0 Å². The van der Waals surface area contributed by atoms with Gasteiger partial charge < -0.3 is 0 Å². The normalized spacial score (nSPS) is 11.4. The first kappa shape index (κ1) is 13.8. The van der Waals surface area contributed by atoms with E-state index in [9.17, 15) is 8.42 Å². The second kappa shape index (κ2) is 5.85. The minimum Gasteiger partial charge on any atom is -0.207 e. The van der Waals surface area contributed by atoms with E-state index in [0.717, 1.165) is 18.4 Å². The van der Waals surface area contributed by atoms with Crippen LogP contribution in [0, 0.1) is 12.3 Å². The standard InChI is InChI=1S/C13H17NO2S/c1-4-6-12-7-9-13(10-8-12)17(15,16)14(3)11-5-2/h2,7-10H,4,6,11H2,1,3H3. The lowest BCUT2D eigenvalue weighted by Gasteiger charge is -2.14. The Morgan fingerprint density at radius 3 is 2.35 bits per heavy atom. The van der Waals surface area contributed by atoms with Crippen LogP contribution in [-0.2, 0) is 16.4 Å². The second-order valence-electron chi connectivity index (χ2n) is 3.86. The molecule has 0 heterocycles. The Morgan fingerprint density at radius 2 is 1.88 bits per heavy atom. The molecule has 4 heteroatoms. The van der Waals surface area contributed by atoms with Gasteiger partial charge in [-0.05, 0) is 24.1 Å². The van der Waals surface area contributed by atoms with Gasteiger partial charge in [0.1, 0.15) is 0 Å². The predicted molar refractivity (Wildman–Crippen MR) is 69.1 cm³/mol. The first-order valence-corrected chi connectivity index (χ1v) is 6.95. The Kier molecular flexibility index (Phi) is 4.73. The molecule has 0 bridgehead atoms. The SMILES string of the molecule is C#CCN(C)S(=O)(=O)c1ccc(CCC)cc1. The molecule has 0 saturated heterocycles. The average Bonchev–Trinajstić information content (AvgIpc) is 2.30. The Balaban J connectivity index is 2.97. The Bertz CT molecular complexity index is 497. The average molecular weight is 251 g/mol. The van der Waals surface area contributed by atoms with Crippen molar-refractivity contribution in [3.63, 3.8) is 0 Å². The lowest BCUT2D eigenvalue weighted by molar-refractivity contribution is 0.503. The van der Waals surface area contributed by atoms with Crippen molar-refractivity contribution >= 4 is 10.0 Å². The van der Waals surface area contributed by atoms with Crippen LogP contribution in [0.15, 0.2) is 29.2 Å². The van der Waals surface area contributed by atoms with Gasteiger partial charge in [0.2, 0.25) is 10.0 Å². The van der Waals surface area contributed by atoms with Crippen molar-refractivity contribution < 1.29 is 8.42 Å². The number of rotatable bonds is 5. The minimum atomic E-state index is -3.44. The molecule has 17 heavy (non-hydrogen) atoms. The van der Waals surface area contributed by atoms with Crippen LogP contribution >= 0.6 is 0 Å². The van der Waals surface area contributed by atoms with Crippen LogP contribution in [0.1, 0.15) is 18.9 Å². The zero-order chi connectivity index (χ0) is 12.9. The Hall–Kier alpha value is -1.31. The number of sulfonamides is 1. The van der Waals surface area contributed by atoms with Crippen molar-refractivity contribution in [2.45, 2.75) is 24.7 Å². The molecule has 0 radical (unpaired) electrons. The highest BCUT2D eigenvalue weighted by Gasteiger charge is 2.19. The van der Waals surface area contributed by atoms with Gasteiger partial charge in [0.05, 0.1) is 11.4 Å². The maximum atomic E-state index is 12.0. The molecule has 1 aromatic carbocycles. The summed E-state index contributed by atoms with van der Waals surface area (Å²) in [4.78, 5) is 0.287. The highest BCUT2D eigenvalue weighted by Crippen LogP contribution is 2.15. The van der Waals surface area contributed by atoms with Gasteiger partial charge in [0, 0.05) is 7.05 Å². The molecule has 92 valence electrons. The molecule has 1 rings (SSSR count). The summed E-state index contributed by atoms with van der Waals surface area (Å²) in [5, 5.41) is 0. The van der Waals surface area contributed by atoms with E-state index < -0.39 is 10.0 Å². The van der Waals surface area contributed by atoms with Gasteiger partial charge in [0.25, 0.3) is 0 Å². The van der Waals surface area contributed by atoms with Crippen LogP contribution in [0.5, 0.6) is 0 Å². The highest BCUT2D eigenvalue weighted by molar-refractivity contribution is 7.89. The highest BCUT2D eigenvalue weighted by atomic mass is 32.2. The largest absolute Gasteiger partial charge is 0.243 e. The Morgan fingerprint density at radius 1 is 1.29 bits per heavy atom. The fourth-order valence-electron chi connectivity index (χ4n) is 1.51. The fraction of sp³-hybridized carbons (Fsp3) is 0.385. The predicted octanol–water partition coefficient (Wildman–Crippen LogP) is 1.89. The molecular formula is C13H17NO2S. The summed E-state index contributed by atoms with van der Waals surface area (Å²) in [7, 11) is -1.96. The van der Waals surface area contributed by atoms with Crippen LogP contribution in [0.2, 0.25) is 0 Å². The molecule has 0 aliphatic heterocycles. The van der Waals surface area contributed by atoms with E-state index in [1.54, 1.807) is 12.1 Å². The number of terminal acetylenes is 1. The number of hydrogen-bond donors (Lipinski definition) is 0. The van der Waals surface area contributed by atoms with Crippen molar-refractivity contribution in [2.24, 2.45) is 0 Å². The van der Waals surface area contributed by atoms with Gasteiger partial charge in [0.15, 0.2) is 0 Å². The maximum Gasteiger partial charge on any atom is 0.243 e. The van der Waals surface area contributed by atoms with Crippen molar-refractivity contribution in [3.8, 4) is 12.3 Å². The third-order valence-electron chi connectivity index (χ3n) is 2.48. The van der Waals surface area contributed by atoms with E-state index in [-0.39, 0.29) is 11.4 Å². The first-order valence-electron chi connectivity index (χ1n) is 5.51. The van der Waals surface area contributed by atoms with E-state index in [0.29, 0.717) is 0 Å². The molecule has 1 aromatic rings. The van der Waals surface area contributed by atoms with E-state index in [1.807, 2.05) is 12.1 Å². The van der Waals surface area contributed by atoms with E-state index in [1.165, 1.54) is 11.4 Å². The quantitative estimate of drug-likeness (QED) is 0.749. The molecule has 0 atom stereocenters. The molecule has 3 nitrogen and oxygen atoms in total. The van der Waals surface area contributed by atoms with Gasteiger partial charge in [-0.1, -0.05) is 31.4 Å². The summed E-state index contributed by atoms with van der Waals surface area (Å²) < 4.78 is 25.2. The van der Waals surface area contributed by atoms with Crippen LogP contribution in [-0.4, -0.2) is 26.3 Å². The third-order valence-corrected chi connectivity index (χ3v) is 4.30. The van der Waals surface area contributed by atoms with Crippen LogP contribution in [0.3, 0.4) is 0 Å². The van der Waals surface area contributed by atoms with E-state index in [2.05, 4.69) is 12.8 Å². The molecule has 0 aromatic heterocycles. The summed E-state index contributed by atoms with van der Waals surface area (Å²) in [5.41, 5.74) is 1.14. The Labute approximate surface area is 104 Å². The van der Waals surface area contributed by atoms with Gasteiger partial charge in [-0.15, -0.1) is 6.42 Å². The van der Waals surface area contributed by atoms with Gasteiger partial charge in [-0.25, -0.2) is 8.42 Å². The summed E-state index contributed by atoms with van der Waals surface area (Å²) in [5.74, 6) is 2.32. The van der Waals surface area contributed by atoms with Gasteiger partial charge in [-0.2, -0.15) is 4.31 Å². The first-order chi connectivity index (χ1) is 8.02. The molecule has 0 N–H and O–H groups in total. The summed E-state index contributed by atoms with van der Waals surface area (Å²) in [6.45, 7) is 2.17. The lowest BCUT2D eigenvalue weighted by atomic mass is 10.1. The fourth-order valence-corrected chi connectivity index (χ4v) is 2.59. The molecule has 0 aliphatic carbocycles. The zero-order valence-corrected chi connectivity index (χ0v) is 11.0. The molecule has 0 fully saturated rings. The van der Waals surface area contributed by atoms with Crippen molar-refractivity contribution in [1.82, 2.24) is 4.31 Å². The number of benzene rings is 1. The summed E-state index contributed by atoms with van der Waals surface area (Å²) >= 11 is 0. The van der Waals surface area contributed by atoms with E-state index >= 15 is 0 Å². The zero-order valence-electron chi connectivity index (χ0n) is 10.2. The van der Waals surface area contributed by atoms with E-state index in [4.69, 9.17) is 6.42 Å². The molecule has 0 unspecified atom stereocenters. The smallest absolute Gasteiger partial charge is 0.207 e. The molecule has 0 spiro atoms. The number of nitrogens with zero attached hydrogens (tertiary/aromatic N) is 1. The van der Waals surface area contributed by atoms with Gasteiger partial charge in [-0.3, -0.25) is 0 Å². The van der Waals surface area contributed by atoms with Crippen LogP contribution < -0.4 is 0 Å². The third kappa shape index (κ3) is 3.32. The van der Waals surface area contributed by atoms with Crippen molar-refractivity contribution in [2.75, 3.05) is 13.6 Å². The number of hydrogen-bond acceptors (Lipinski definition) is 2. The van der Waals surface area contributed by atoms with Crippen LogP contribution in [0.4, 0.5) is 0 Å². The number of aryl methyl sites for hydroxylation is 1. The topological polar surface area (TPSA) is 37.4 Å². The maximum absolute atomic E-state index is 12.0.